The number of ether oxygens (including phenoxy) is 1. The number of amides is 1. The molecule has 3 rings (SSSR count). The van der Waals surface area contributed by atoms with Crippen LogP contribution in [0.1, 0.15) is 30.6 Å². The lowest BCUT2D eigenvalue weighted by Gasteiger charge is -2.24. The fourth-order valence-corrected chi connectivity index (χ4v) is 3.18. The molecule has 1 amide bonds. The second-order valence-electron chi connectivity index (χ2n) is 5.95. The smallest absolute Gasteiger partial charge is 0.295 e. The van der Waals surface area contributed by atoms with Crippen molar-refractivity contribution in [3.8, 4) is 5.75 Å². The number of hydrogen-bond acceptors (Lipinski definition) is 5. The van der Waals surface area contributed by atoms with Crippen molar-refractivity contribution in [2.24, 2.45) is 0 Å². The molecule has 1 unspecified atom stereocenters. The minimum atomic E-state index is -0.721. The Morgan fingerprint density at radius 2 is 1.92 bits per heavy atom. The fourth-order valence-electron chi connectivity index (χ4n) is 3.18. The minimum Gasteiger partial charge on any atom is -0.507 e. The molecular weight excluding hydrogens is 332 g/mol. The van der Waals surface area contributed by atoms with Gasteiger partial charge in [0.15, 0.2) is 0 Å². The van der Waals surface area contributed by atoms with Crippen LogP contribution in [0.4, 0.5) is 0 Å². The van der Waals surface area contributed by atoms with Crippen LogP contribution in [0.2, 0.25) is 0 Å². The van der Waals surface area contributed by atoms with E-state index in [4.69, 9.17) is 4.74 Å². The topological polar surface area (TPSA) is 79.7 Å². The predicted molar refractivity (Wildman–Crippen MR) is 96.5 cm³/mol. The molecule has 0 aliphatic carbocycles. The van der Waals surface area contributed by atoms with Gasteiger partial charge in [-0.15, -0.1) is 0 Å². The van der Waals surface area contributed by atoms with Crippen molar-refractivity contribution in [2.45, 2.75) is 19.4 Å². The molecule has 2 aromatic rings. The Morgan fingerprint density at radius 3 is 2.58 bits per heavy atom. The number of aliphatic hydroxyl groups is 1. The molecule has 0 saturated carbocycles. The van der Waals surface area contributed by atoms with E-state index in [-0.39, 0.29) is 11.3 Å². The zero-order valence-corrected chi connectivity index (χ0v) is 14.7. The van der Waals surface area contributed by atoms with E-state index in [9.17, 15) is 14.7 Å². The average molecular weight is 352 g/mol. The molecule has 0 spiro atoms. The number of pyridine rings is 1. The highest BCUT2D eigenvalue weighted by atomic mass is 16.5. The van der Waals surface area contributed by atoms with Crippen molar-refractivity contribution in [1.29, 1.82) is 0 Å². The third-order valence-corrected chi connectivity index (χ3v) is 4.33. The third kappa shape index (κ3) is 2.94. The van der Waals surface area contributed by atoms with Gasteiger partial charge in [0.25, 0.3) is 11.7 Å². The highest BCUT2D eigenvalue weighted by molar-refractivity contribution is 6.46. The molecule has 134 valence electrons. The van der Waals surface area contributed by atoms with E-state index in [1.807, 2.05) is 6.92 Å². The molecule has 1 saturated heterocycles. The Bertz CT molecular complexity index is 861. The van der Waals surface area contributed by atoms with Gasteiger partial charge in [0, 0.05) is 12.7 Å². The van der Waals surface area contributed by atoms with E-state index < -0.39 is 17.7 Å². The zero-order chi connectivity index (χ0) is 18.7. The predicted octanol–water partition coefficient (Wildman–Crippen LogP) is 2.92. The first-order chi connectivity index (χ1) is 12.6. The number of likely N-dealkylation sites (tertiary alicyclic amines) is 1. The number of aliphatic hydroxyl groups excluding tert-OH is 1. The second kappa shape index (κ2) is 7.39. The van der Waals surface area contributed by atoms with Crippen molar-refractivity contribution in [1.82, 2.24) is 9.88 Å². The SMILES string of the molecule is CCCN1C(=O)C(=O)/C(=C(\O)c2ccccc2OC)C1c1ccccn1. The minimum absolute atomic E-state index is 0.0339. The van der Waals surface area contributed by atoms with Gasteiger partial charge in [-0.05, 0) is 30.7 Å². The summed E-state index contributed by atoms with van der Waals surface area (Å²) in [5.74, 6) is -1.17. The molecule has 6 nitrogen and oxygen atoms in total. The van der Waals surface area contributed by atoms with Gasteiger partial charge in [-0.3, -0.25) is 14.6 Å². The summed E-state index contributed by atoms with van der Waals surface area (Å²) in [6, 6.07) is 11.4. The zero-order valence-electron chi connectivity index (χ0n) is 14.7. The first-order valence-corrected chi connectivity index (χ1v) is 8.42. The maximum atomic E-state index is 12.7. The van der Waals surface area contributed by atoms with Gasteiger partial charge in [-0.25, -0.2) is 0 Å². The summed E-state index contributed by atoms with van der Waals surface area (Å²) in [7, 11) is 1.48. The van der Waals surface area contributed by atoms with E-state index in [2.05, 4.69) is 4.98 Å². The third-order valence-electron chi connectivity index (χ3n) is 4.33. The number of Topliss-reactive ketones (excluding diaryl/α,β-unsaturated/α-hetero) is 1. The molecule has 26 heavy (non-hydrogen) atoms. The largest absolute Gasteiger partial charge is 0.507 e. The van der Waals surface area contributed by atoms with Crippen LogP contribution < -0.4 is 4.74 Å². The Morgan fingerprint density at radius 1 is 1.19 bits per heavy atom. The summed E-state index contributed by atoms with van der Waals surface area (Å²) in [6.45, 7) is 2.32. The summed E-state index contributed by atoms with van der Waals surface area (Å²) in [4.78, 5) is 31.0. The number of aromatic nitrogens is 1. The number of benzene rings is 1. The van der Waals surface area contributed by atoms with Gasteiger partial charge >= 0.3 is 0 Å². The summed E-state index contributed by atoms with van der Waals surface area (Å²) >= 11 is 0. The Balaban J connectivity index is 2.22. The summed E-state index contributed by atoms with van der Waals surface area (Å²) in [6.07, 6.45) is 2.29. The van der Waals surface area contributed by atoms with Crippen LogP contribution in [0, 0.1) is 0 Å². The lowest BCUT2D eigenvalue weighted by atomic mass is 9.98. The Labute approximate surface area is 151 Å². The lowest BCUT2D eigenvalue weighted by molar-refractivity contribution is -0.139. The van der Waals surface area contributed by atoms with E-state index >= 15 is 0 Å². The number of hydrogen-bond donors (Lipinski definition) is 1. The normalized spacial score (nSPS) is 19.0. The summed E-state index contributed by atoms with van der Waals surface area (Å²) in [5, 5.41) is 10.9. The van der Waals surface area contributed by atoms with E-state index in [1.54, 1.807) is 48.7 Å². The van der Waals surface area contributed by atoms with Gasteiger partial charge < -0.3 is 14.7 Å². The van der Waals surface area contributed by atoms with Gasteiger partial charge in [0.2, 0.25) is 0 Å². The van der Waals surface area contributed by atoms with Crippen LogP contribution in [-0.4, -0.2) is 40.3 Å². The standard InChI is InChI=1S/C20H20N2O4/c1-3-12-22-17(14-9-6-7-11-21-14)16(19(24)20(22)25)18(23)13-8-4-5-10-15(13)26-2/h4-11,17,23H,3,12H2,1-2H3/b18-16-. The lowest BCUT2D eigenvalue weighted by Crippen LogP contribution is -2.30. The first-order valence-electron chi connectivity index (χ1n) is 8.42. The van der Waals surface area contributed by atoms with Crippen LogP contribution in [0.5, 0.6) is 5.75 Å². The molecule has 1 N–H and O–H groups in total. The van der Waals surface area contributed by atoms with Crippen molar-refractivity contribution < 1.29 is 19.4 Å². The molecular formula is C20H20N2O4. The molecule has 1 aromatic heterocycles. The van der Waals surface area contributed by atoms with E-state index in [0.29, 0.717) is 30.0 Å². The van der Waals surface area contributed by atoms with Gasteiger partial charge in [-0.2, -0.15) is 0 Å². The van der Waals surface area contributed by atoms with Gasteiger partial charge in [0.05, 0.1) is 23.9 Å². The quantitative estimate of drug-likeness (QED) is 0.508. The molecule has 0 radical (unpaired) electrons. The first kappa shape index (κ1) is 17.7. The number of carbonyl (C=O) groups is 2. The van der Waals surface area contributed by atoms with Crippen LogP contribution in [0.3, 0.4) is 0 Å². The highest BCUT2D eigenvalue weighted by Gasteiger charge is 2.46. The van der Waals surface area contributed by atoms with Crippen molar-refractivity contribution in [2.75, 3.05) is 13.7 Å². The molecule has 1 aromatic carbocycles. The van der Waals surface area contributed by atoms with Gasteiger partial charge in [0.1, 0.15) is 17.6 Å². The number of methoxy groups -OCH3 is 1. The molecule has 1 aliphatic heterocycles. The Hall–Kier alpha value is -3.15. The van der Waals surface area contributed by atoms with Crippen LogP contribution in [0.25, 0.3) is 5.76 Å². The van der Waals surface area contributed by atoms with Crippen LogP contribution in [-0.2, 0) is 9.59 Å². The second-order valence-corrected chi connectivity index (χ2v) is 5.95. The summed E-state index contributed by atoms with van der Waals surface area (Å²) < 4.78 is 5.28. The van der Waals surface area contributed by atoms with Crippen molar-refractivity contribution >= 4 is 17.4 Å². The highest BCUT2D eigenvalue weighted by Crippen LogP contribution is 2.40. The molecule has 1 fully saturated rings. The number of para-hydroxylation sites is 1. The number of ketones is 1. The molecule has 1 aliphatic rings. The number of rotatable bonds is 5. The van der Waals surface area contributed by atoms with Crippen LogP contribution >= 0.6 is 0 Å². The Kier molecular flexibility index (Phi) is 5.02. The maximum absolute atomic E-state index is 12.7. The molecule has 1 atom stereocenters. The van der Waals surface area contributed by atoms with Crippen molar-refractivity contribution in [3.05, 3.63) is 65.5 Å². The average Bonchev–Trinajstić information content (AvgIpc) is 2.93. The summed E-state index contributed by atoms with van der Waals surface area (Å²) in [5.41, 5.74) is 0.939. The molecule has 6 heteroatoms. The molecule has 2 heterocycles. The number of nitrogens with zero attached hydrogens (tertiary/aromatic N) is 2. The molecule has 0 bridgehead atoms. The van der Waals surface area contributed by atoms with E-state index in [0.717, 1.165) is 0 Å². The maximum Gasteiger partial charge on any atom is 0.295 e. The van der Waals surface area contributed by atoms with Crippen molar-refractivity contribution in [3.63, 3.8) is 0 Å². The van der Waals surface area contributed by atoms with Gasteiger partial charge in [-0.1, -0.05) is 25.1 Å². The monoisotopic (exact) mass is 352 g/mol. The van der Waals surface area contributed by atoms with E-state index in [1.165, 1.54) is 12.0 Å². The number of carbonyl (C=O) groups excluding carboxylic acids is 2. The van der Waals surface area contributed by atoms with Crippen LogP contribution in [0.15, 0.2) is 54.2 Å². The fraction of sp³-hybridized carbons (Fsp3) is 0.250.